The third-order valence-electron chi connectivity index (χ3n) is 2.80. The zero-order valence-electron chi connectivity index (χ0n) is 10.0. The summed E-state index contributed by atoms with van der Waals surface area (Å²) in [7, 11) is 3.79. The Balaban J connectivity index is 2.15. The first kappa shape index (κ1) is 11.8. The van der Waals surface area contributed by atoms with Gasteiger partial charge in [0, 0.05) is 24.8 Å². The monoisotopic (exact) mass is 233 g/mol. The van der Waals surface area contributed by atoms with E-state index in [0.717, 1.165) is 17.5 Å². The molecule has 1 heterocycles. The Kier molecular flexibility index (Phi) is 3.54. The Bertz CT molecular complexity index is 493. The fourth-order valence-electron chi connectivity index (χ4n) is 1.91. The van der Waals surface area contributed by atoms with Crippen molar-refractivity contribution in [3.8, 4) is 0 Å². The molecule has 1 unspecified atom stereocenters. The molecule has 0 radical (unpaired) electrons. The molecule has 4 heteroatoms. The number of nitrogens with zero attached hydrogens (tertiary/aromatic N) is 2. The molecule has 0 bridgehead atoms. The van der Waals surface area contributed by atoms with Gasteiger partial charge in [-0.15, -0.1) is 0 Å². The van der Waals surface area contributed by atoms with Gasteiger partial charge in [0.1, 0.15) is 5.82 Å². The van der Waals surface area contributed by atoms with Crippen molar-refractivity contribution in [1.29, 1.82) is 0 Å². The number of rotatable bonds is 4. The van der Waals surface area contributed by atoms with Gasteiger partial charge in [-0.05, 0) is 31.2 Å². The number of likely N-dealkylation sites (N-methyl/N-ethyl adjacent to an activating group) is 1. The van der Waals surface area contributed by atoms with Gasteiger partial charge in [0.15, 0.2) is 0 Å². The number of benzene rings is 1. The van der Waals surface area contributed by atoms with Crippen LogP contribution in [0.2, 0.25) is 0 Å². The molecule has 1 aromatic carbocycles. The summed E-state index contributed by atoms with van der Waals surface area (Å²) in [4.78, 5) is 0. The molecule has 0 aliphatic carbocycles. The minimum absolute atomic E-state index is 0.158. The summed E-state index contributed by atoms with van der Waals surface area (Å²) in [6.07, 6.45) is 4.56. The number of halogens is 1. The van der Waals surface area contributed by atoms with Crippen LogP contribution in [-0.2, 0) is 13.5 Å². The Morgan fingerprint density at radius 2 is 2.29 bits per heavy atom. The van der Waals surface area contributed by atoms with Gasteiger partial charge >= 0.3 is 0 Å². The minimum atomic E-state index is -0.191. The summed E-state index contributed by atoms with van der Waals surface area (Å²) < 4.78 is 14.9. The van der Waals surface area contributed by atoms with E-state index >= 15 is 0 Å². The lowest BCUT2D eigenvalue weighted by atomic mass is 10.0. The van der Waals surface area contributed by atoms with Crippen LogP contribution in [0.4, 0.5) is 4.39 Å². The van der Waals surface area contributed by atoms with Crippen LogP contribution in [0.1, 0.15) is 17.2 Å². The van der Waals surface area contributed by atoms with Crippen molar-refractivity contribution in [2.75, 3.05) is 7.05 Å². The molecule has 0 fully saturated rings. The van der Waals surface area contributed by atoms with E-state index in [0.29, 0.717) is 0 Å². The molecule has 17 heavy (non-hydrogen) atoms. The summed E-state index contributed by atoms with van der Waals surface area (Å²) in [6.45, 7) is 0. The van der Waals surface area contributed by atoms with Crippen molar-refractivity contribution < 1.29 is 4.39 Å². The van der Waals surface area contributed by atoms with Crippen LogP contribution in [0.15, 0.2) is 36.7 Å². The second kappa shape index (κ2) is 5.10. The molecule has 0 amide bonds. The molecule has 90 valence electrons. The number of nitrogens with one attached hydrogen (secondary N) is 1. The first-order valence-electron chi connectivity index (χ1n) is 5.59. The van der Waals surface area contributed by atoms with E-state index in [2.05, 4.69) is 10.4 Å². The first-order chi connectivity index (χ1) is 8.19. The predicted molar refractivity (Wildman–Crippen MR) is 65.1 cm³/mol. The SMILES string of the molecule is CNC(Cc1cccc(F)c1)c1cnn(C)c1. The molecule has 2 aromatic rings. The highest BCUT2D eigenvalue weighted by Crippen LogP contribution is 2.17. The van der Waals surface area contributed by atoms with Gasteiger partial charge in [-0.25, -0.2) is 4.39 Å². The second-order valence-corrected chi connectivity index (χ2v) is 4.12. The smallest absolute Gasteiger partial charge is 0.123 e. The molecule has 0 aliphatic heterocycles. The second-order valence-electron chi connectivity index (χ2n) is 4.12. The molecule has 3 nitrogen and oxygen atoms in total. The van der Waals surface area contributed by atoms with Crippen LogP contribution in [0.25, 0.3) is 0 Å². The van der Waals surface area contributed by atoms with E-state index < -0.39 is 0 Å². The van der Waals surface area contributed by atoms with Crippen LogP contribution >= 0.6 is 0 Å². The van der Waals surface area contributed by atoms with Crippen molar-refractivity contribution >= 4 is 0 Å². The third-order valence-corrected chi connectivity index (χ3v) is 2.80. The van der Waals surface area contributed by atoms with E-state index in [1.54, 1.807) is 16.8 Å². The molecule has 1 N–H and O–H groups in total. The Morgan fingerprint density at radius 3 is 2.88 bits per heavy atom. The van der Waals surface area contributed by atoms with Gasteiger partial charge in [0.05, 0.1) is 6.20 Å². The largest absolute Gasteiger partial charge is 0.313 e. The van der Waals surface area contributed by atoms with Gasteiger partial charge in [-0.3, -0.25) is 4.68 Å². The standard InChI is InChI=1S/C13H16FN3/c1-15-13(11-8-16-17(2)9-11)7-10-4-3-5-12(14)6-10/h3-6,8-9,13,15H,7H2,1-2H3. The normalized spacial score (nSPS) is 12.6. The van der Waals surface area contributed by atoms with E-state index in [-0.39, 0.29) is 11.9 Å². The van der Waals surface area contributed by atoms with E-state index in [4.69, 9.17) is 0 Å². The number of hydrogen-bond acceptors (Lipinski definition) is 2. The quantitative estimate of drug-likeness (QED) is 0.876. The molecule has 1 aromatic heterocycles. The molecule has 0 saturated heterocycles. The van der Waals surface area contributed by atoms with E-state index in [1.807, 2.05) is 32.6 Å². The summed E-state index contributed by atoms with van der Waals surface area (Å²) in [6, 6.07) is 6.86. The highest BCUT2D eigenvalue weighted by atomic mass is 19.1. The Hall–Kier alpha value is -1.68. The zero-order valence-corrected chi connectivity index (χ0v) is 10.0. The highest BCUT2D eigenvalue weighted by Gasteiger charge is 2.12. The van der Waals surface area contributed by atoms with Crippen LogP contribution in [0.5, 0.6) is 0 Å². The van der Waals surface area contributed by atoms with Gasteiger partial charge in [0.2, 0.25) is 0 Å². The number of aromatic nitrogens is 2. The molecular formula is C13H16FN3. The average molecular weight is 233 g/mol. The fraction of sp³-hybridized carbons (Fsp3) is 0.308. The van der Waals surface area contributed by atoms with E-state index in [1.165, 1.54) is 6.07 Å². The average Bonchev–Trinajstić information content (AvgIpc) is 2.73. The lowest BCUT2D eigenvalue weighted by Gasteiger charge is -2.14. The predicted octanol–water partition coefficient (Wildman–Crippen LogP) is 2.06. The molecule has 0 spiro atoms. The topological polar surface area (TPSA) is 29.9 Å². The lowest BCUT2D eigenvalue weighted by molar-refractivity contribution is 0.583. The Morgan fingerprint density at radius 1 is 1.47 bits per heavy atom. The summed E-state index contributed by atoms with van der Waals surface area (Å²) in [5, 5.41) is 7.37. The molecule has 0 aliphatic rings. The van der Waals surface area contributed by atoms with Gasteiger partial charge in [0.25, 0.3) is 0 Å². The fourth-order valence-corrected chi connectivity index (χ4v) is 1.91. The first-order valence-corrected chi connectivity index (χ1v) is 5.59. The maximum Gasteiger partial charge on any atom is 0.123 e. The molecule has 0 saturated carbocycles. The lowest BCUT2D eigenvalue weighted by Crippen LogP contribution is -2.18. The highest BCUT2D eigenvalue weighted by molar-refractivity contribution is 5.21. The van der Waals surface area contributed by atoms with Gasteiger partial charge in [-0.1, -0.05) is 12.1 Å². The van der Waals surface area contributed by atoms with Gasteiger partial charge in [-0.2, -0.15) is 5.10 Å². The van der Waals surface area contributed by atoms with Crippen molar-refractivity contribution in [2.24, 2.45) is 7.05 Å². The maximum absolute atomic E-state index is 13.1. The summed E-state index contributed by atoms with van der Waals surface area (Å²) >= 11 is 0. The summed E-state index contributed by atoms with van der Waals surface area (Å²) in [5.41, 5.74) is 2.09. The minimum Gasteiger partial charge on any atom is -0.313 e. The summed E-state index contributed by atoms with van der Waals surface area (Å²) in [5.74, 6) is -0.191. The number of aryl methyl sites for hydroxylation is 1. The van der Waals surface area contributed by atoms with Crippen molar-refractivity contribution in [3.05, 3.63) is 53.6 Å². The molecule has 1 atom stereocenters. The van der Waals surface area contributed by atoms with Crippen molar-refractivity contribution in [3.63, 3.8) is 0 Å². The zero-order chi connectivity index (χ0) is 12.3. The maximum atomic E-state index is 13.1. The third kappa shape index (κ3) is 2.91. The van der Waals surface area contributed by atoms with Crippen LogP contribution in [-0.4, -0.2) is 16.8 Å². The van der Waals surface area contributed by atoms with Crippen molar-refractivity contribution in [2.45, 2.75) is 12.5 Å². The van der Waals surface area contributed by atoms with Crippen LogP contribution in [0, 0.1) is 5.82 Å². The van der Waals surface area contributed by atoms with Gasteiger partial charge < -0.3 is 5.32 Å². The molecule has 2 rings (SSSR count). The Labute approximate surface area is 100 Å². The molecular weight excluding hydrogens is 217 g/mol. The van der Waals surface area contributed by atoms with Crippen LogP contribution in [0.3, 0.4) is 0 Å². The van der Waals surface area contributed by atoms with Crippen molar-refractivity contribution in [1.82, 2.24) is 15.1 Å². The number of hydrogen-bond donors (Lipinski definition) is 1. The van der Waals surface area contributed by atoms with Crippen LogP contribution < -0.4 is 5.32 Å². The van der Waals surface area contributed by atoms with E-state index in [9.17, 15) is 4.39 Å².